The minimum atomic E-state index is 0.589. The van der Waals surface area contributed by atoms with Gasteiger partial charge in [-0.15, -0.1) is 0 Å². The molecule has 0 radical (unpaired) electrons. The number of piperazine rings is 1. The maximum atomic E-state index is 3.53. The van der Waals surface area contributed by atoms with Gasteiger partial charge in [-0.1, -0.05) is 18.2 Å². The average molecular weight is 243 g/mol. The van der Waals surface area contributed by atoms with Crippen molar-refractivity contribution in [1.29, 1.82) is 0 Å². The summed E-state index contributed by atoms with van der Waals surface area (Å²) >= 11 is 0. The fourth-order valence-electron chi connectivity index (χ4n) is 2.80. The summed E-state index contributed by atoms with van der Waals surface area (Å²) < 4.78 is 0. The molecule has 1 aliphatic rings. The Morgan fingerprint density at radius 2 is 2.11 bits per heavy atom. The molecule has 3 heteroatoms. The zero-order valence-electron chi connectivity index (χ0n) is 11.1. The molecule has 0 bridgehead atoms. The number of para-hydroxylation sites is 1. The van der Waals surface area contributed by atoms with Crippen molar-refractivity contribution < 1.29 is 0 Å². The SMILES string of the molecule is CC1CN(Cc2c[nH]c3ccccc23)C(C)CN1. The summed E-state index contributed by atoms with van der Waals surface area (Å²) in [5.41, 5.74) is 2.65. The smallest absolute Gasteiger partial charge is 0.0457 e. The highest BCUT2D eigenvalue weighted by Gasteiger charge is 2.22. The third kappa shape index (κ3) is 2.16. The van der Waals surface area contributed by atoms with E-state index in [-0.39, 0.29) is 0 Å². The Labute approximate surface area is 108 Å². The van der Waals surface area contributed by atoms with Crippen LogP contribution >= 0.6 is 0 Å². The van der Waals surface area contributed by atoms with Crippen LogP contribution < -0.4 is 5.32 Å². The molecule has 3 nitrogen and oxygen atoms in total. The molecule has 0 saturated carbocycles. The number of benzene rings is 1. The molecule has 1 aromatic heterocycles. The molecule has 0 spiro atoms. The van der Waals surface area contributed by atoms with E-state index in [9.17, 15) is 0 Å². The third-order valence-electron chi connectivity index (χ3n) is 3.94. The summed E-state index contributed by atoms with van der Waals surface area (Å²) in [6.07, 6.45) is 2.16. The maximum Gasteiger partial charge on any atom is 0.0457 e. The second-order valence-corrected chi connectivity index (χ2v) is 5.45. The van der Waals surface area contributed by atoms with Crippen LogP contribution in [0.4, 0.5) is 0 Å². The highest BCUT2D eigenvalue weighted by molar-refractivity contribution is 5.82. The highest BCUT2D eigenvalue weighted by Crippen LogP contribution is 2.21. The summed E-state index contributed by atoms with van der Waals surface area (Å²) in [5.74, 6) is 0. The van der Waals surface area contributed by atoms with Crippen LogP contribution in [-0.4, -0.2) is 35.1 Å². The van der Waals surface area contributed by atoms with Gasteiger partial charge in [-0.3, -0.25) is 4.90 Å². The minimum absolute atomic E-state index is 0.589. The number of nitrogens with one attached hydrogen (secondary N) is 2. The largest absolute Gasteiger partial charge is 0.361 e. The molecule has 2 heterocycles. The van der Waals surface area contributed by atoms with Crippen LogP contribution in [0.5, 0.6) is 0 Å². The standard InChI is InChI=1S/C15H21N3/c1-11-9-18(12(2)7-16-11)10-13-8-17-15-6-4-3-5-14(13)15/h3-6,8,11-12,16-17H,7,9-10H2,1-2H3. The van der Waals surface area contributed by atoms with Gasteiger partial charge in [-0.25, -0.2) is 0 Å². The van der Waals surface area contributed by atoms with Gasteiger partial charge in [0.2, 0.25) is 0 Å². The second-order valence-electron chi connectivity index (χ2n) is 5.45. The first-order valence-corrected chi connectivity index (χ1v) is 6.76. The monoisotopic (exact) mass is 243 g/mol. The molecule has 2 aromatic rings. The topological polar surface area (TPSA) is 31.1 Å². The summed E-state index contributed by atoms with van der Waals surface area (Å²) in [4.78, 5) is 5.93. The molecule has 1 saturated heterocycles. The predicted octanol–water partition coefficient (Wildman–Crippen LogP) is 2.35. The predicted molar refractivity (Wildman–Crippen MR) is 75.6 cm³/mol. The summed E-state index contributed by atoms with van der Waals surface area (Å²) in [6, 6.07) is 9.74. The number of H-pyrrole nitrogens is 1. The van der Waals surface area contributed by atoms with E-state index in [1.54, 1.807) is 0 Å². The molecule has 1 aromatic carbocycles. The van der Waals surface area contributed by atoms with Crippen molar-refractivity contribution in [3.8, 4) is 0 Å². The third-order valence-corrected chi connectivity index (χ3v) is 3.94. The van der Waals surface area contributed by atoms with Crippen molar-refractivity contribution in [1.82, 2.24) is 15.2 Å². The second kappa shape index (κ2) is 4.75. The van der Waals surface area contributed by atoms with E-state index < -0.39 is 0 Å². The Kier molecular flexibility index (Phi) is 3.10. The van der Waals surface area contributed by atoms with Gasteiger partial charge < -0.3 is 10.3 Å². The van der Waals surface area contributed by atoms with E-state index >= 15 is 0 Å². The number of aromatic nitrogens is 1. The molecule has 18 heavy (non-hydrogen) atoms. The molecule has 2 atom stereocenters. The molecule has 0 amide bonds. The summed E-state index contributed by atoms with van der Waals surface area (Å²) in [6.45, 7) is 7.81. The first kappa shape index (κ1) is 11.8. The molecule has 0 aliphatic carbocycles. The first-order valence-electron chi connectivity index (χ1n) is 6.76. The first-order chi connectivity index (χ1) is 8.74. The molecule has 1 aliphatic heterocycles. The lowest BCUT2D eigenvalue weighted by atomic mass is 10.1. The number of aromatic amines is 1. The molecule has 1 fully saturated rings. The Hall–Kier alpha value is -1.32. The van der Waals surface area contributed by atoms with Crippen molar-refractivity contribution in [3.63, 3.8) is 0 Å². The number of fused-ring (bicyclic) bond motifs is 1. The van der Waals surface area contributed by atoms with Crippen molar-refractivity contribution in [3.05, 3.63) is 36.0 Å². The summed E-state index contributed by atoms with van der Waals surface area (Å²) in [5, 5.41) is 4.89. The molecule has 3 rings (SSSR count). The van der Waals surface area contributed by atoms with Crippen LogP contribution in [-0.2, 0) is 6.54 Å². The fraction of sp³-hybridized carbons (Fsp3) is 0.467. The molecule has 2 unspecified atom stereocenters. The van der Waals surface area contributed by atoms with Gasteiger partial charge in [0.1, 0.15) is 0 Å². The Bertz CT molecular complexity index is 531. The zero-order valence-corrected chi connectivity index (χ0v) is 11.1. The Morgan fingerprint density at radius 1 is 1.28 bits per heavy atom. The van der Waals surface area contributed by atoms with E-state index in [0.29, 0.717) is 12.1 Å². The normalized spacial score (nSPS) is 25.7. The van der Waals surface area contributed by atoms with E-state index in [0.717, 1.165) is 19.6 Å². The Balaban J connectivity index is 1.83. The van der Waals surface area contributed by atoms with Crippen LogP contribution in [0.25, 0.3) is 10.9 Å². The average Bonchev–Trinajstić information content (AvgIpc) is 2.78. The van der Waals surface area contributed by atoms with Crippen LogP contribution in [0.3, 0.4) is 0 Å². The number of hydrogen-bond donors (Lipinski definition) is 2. The summed E-state index contributed by atoms with van der Waals surface area (Å²) in [7, 11) is 0. The van der Waals surface area contributed by atoms with Gasteiger partial charge in [0, 0.05) is 48.8 Å². The fourth-order valence-corrected chi connectivity index (χ4v) is 2.80. The quantitative estimate of drug-likeness (QED) is 0.848. The van der Waals surface area contributed by atoms with Gasteiger partial charge in [0.15, 0.2) is 0 Å². The maximum absolute atomic E-state index is 3.53. The number of rotatable bonds is 2. The van der Waals surface area contributed by atoms with Crippen molar-refractivity contribution in [2.24, 2.45) is 0 Å². The zero-order chi connectivity index (χ0) is 12.5. The van der Waals surface area contributed by atoms with Gasteiger partial charge in [-0.05, 0) is 25.5 Å². The molecule has 96 valence electrons. The molecular weight excluding hydrogens is 222 g/mol. The van der Waals surface area contributed by atoms with Gasteiger partial charge >= 0.3 is 0 Å². The van der Waals surface area contributed by atoms with E-state index in [2.05, 4.69) is 59.5 Å². The van der Waals surface area contributed by atoms with Gasteiger partial charge in [0.25, 0.3) is 0 Å². The lowest BCUT2D eigenvalue weighted by Crippen LogP contribution is -2.53. The van der Waals surface area contributed by atoms with Gasteiger partial charge in [0.05, 0.1) is 0 Å². The molecular formula is C15H21N3. The van der Waals surface area contributed by atoms with Crippen LogP contribution in [0.15, 0.2) is 30.5 Å². The van der Waals surface area contributed by atoms with Crippen molar-refractivity contribution >= 4 is 10.9 Å². The van der Waals surface area contributed by atoms with Crippen LogP contribution in [0, 0.1) is 0 Å². The lowest BCUT2D eigenvalue weighted by molar-refractivity contribution is 0.139. The van der Waals surface area contributed by atoms with Gasteiger partial charge in [-0.2, -0.15) is 0 Å². The van der Waals surface area contributed by atoms with E-state index in [4.69, 9.17) is 0 Å². The van der Waals surface area contributed by atoms with Crippen molar-refractivity contribution in [2.75, 3.05) is 13.1 Å². The number of hydrogen-bond acceptors (Lipinski definition) is 2. The van der Waals surface area contributed by atoms with Crippen LogP contribution in [0.2, 0.25) is 0 Å². The number of nitrogens with zero attached hydrogens (tertiary/aromatic N) is 1. The van der Waals surface area contributed by atoms with E-state index in [1.807, 2.05) is 0 Å². The lowest BCUT2D eigenvalue weighted by Gasteiger charge is -2.37. The Morgan fingerprint density at radius 3 is 3.00 bits per heavy atom. The highest BCUT2D eigenvalue weighted by atomic mass is 15.2. The van der Waals surface area contributed by atoms with Crippen molar-refractivity contribution in [2.45, 2.75) is 32.5 Å². The van der Waals surface area contributed by atoms with E-state index in [1.165, 1.54) is 16.5 Å². The molecule has 2 N–H and O–H groups in total. The van der Waals surface area contributed by atoms with Crippen LogP contribution in [0.1, 0.15) is 19.4 Å². The minimum Gasteiger partial charge on any atom is -0.361 e.